The van der Waals surface area contributed by atoms with Gasteiger partial charge in [0, 0.05) is 11.5 Å². The summed E-state index contributed by atoms with van der Waals surface area (Å²) in [5, 5.41) is 0. The maximum Gasteiger partial charge on any atom is 0.109 e. The van der Waals surface area contributed by atoms with Crippen LogP contribution >= 0.6 is 44.6 Å². The molecule has 0 saturated carbocycles. The first-order valence-corrected chi connectivity index (χ1v) is 7.12. The van der Waals surface area contributed by atoms with Crippen molar-refractivity contribution in [2.24, 2.45) is 5.92 Å². The second-order valence-electron chi connectivity index (χ2n) is 2.64. The van der Waals surface area contributed by atoms with E-state index in [2.05, 4.69) is 13.8 Å². The largest absolute Gasteiger partial charge is 0.315 e. The molecular formula is C7H15IOS2. The zero-order chi connectivity index (χ0) is 8.53. The summed E-state index contributed by atoms with van der Waals surface area (Å²) in [5.74, 6) is 3.21. The van der Waals surface area contributed by atoms with Crippen LogP contribution in [0.4, 0.5) is 0 Å². The van der Waals surface area contributed by atoms with E-state index in [1.54, 1.807) is 0 Å². The molecule has 0 aliphatic carbocycles. The van der Waals surface area contributed by atoms with Crippen molar-refractivity contribution in [2.45, 2.75) is 20.3 Å². The third kappa shape index (κ3) is 11.4. The van der Waals surface area contributed by atoms with Crippen LogP contribution in [0.2, 0.25) is 0 Å². The smallest absolute Gasteiger partial charge is 0.109 e. The molecule has 0 spiro atoms. The van der Waals surface area contributed by atoms with Gasteiger partial charge in [0.2, 0.25) is 0 Å². The van der Waals surface area contributed by atoms with Gasteiger partial charge in [-0.2, -0.15) is 0 Å². The first-order chi connectivity index (χ1) is 5.27. The summed E-state index contributed by atoms with van der Waals surface area (Å²) in [7, 11) is 3.86. The van der Waals surface area contributed by atoms with Crippen LogP contribution in [-0.2, 0) is 3.07 Å². The van der Waals surface area contributed by atoms with Crippen molar-refractivity contribution in [3.63, 3.8) is 0 Å². The van der Waals surface area contributed by atoms with Crippen molar-refractivity contribution >= 4 is 44.6 Å². The van der Waals surface area contributed by atoms with Gasteiger partial charge in [0.25, 0.3) is 0 Å². The van der Waals surface area contributed by atoms with Gasteiger partial charge in [-0.1, -0.05) is 35.4 Å². The van der Waals surface area contributed by atoms with Gasteiger partial charge >= 0.3 is 0 Å². The molecule has 0 saturated heterocycles. The molecule has 68 valence electrons. The second-order valence-corrected chi connectivity index (χ2v) is 5.96. The van der Waals surface area contributed by atoms with Gasteiger partial charge in [0.15, 0.2) is 0 Å². The van der Waals surface area contributed by atoms with Crippen LogP contribution in [0, 0.1) is 5.92 Å². The van der Waals surface area contributed by atoms with Crippen LogP contribution in [-0.4, -0.2) is 18.1 Å². The Balaban J connectivity index is 2.80. The summed E-state index contributed by atoms with van der Waals surface area (Å²) >= 11 is 1.94. The highest BCUT2D eigenvalue weighted by Crippen LogP contribution is 2.23. The average Bonchev–Trinajstić information content (AvgIpc) is 1.96. The highest BCUT2D eigenvalue weighted by Gasteiger charge is 1.94. The van der Waals surface area contributed by atoms with Gasteiger partial charge in [-0.25, -0.2) is 0 Å². The van der Waals surface area contributed by atoms with Crippen LogP contribution in [0.5, 0.6) is 0 Å². The lowest BCUT2D eigenvalue weighted by atomic mass is 10.2. The molecule has 1 nitrogen and oxygen atoms in total. The predicted octanol–water partition coefficient (Wildman–Crippen LogP) is 3.78. The van der Waals surface area contributed by atoms with E-state index in [-0.39, 0.29) is 0 Å². The third-order valence-corrected chi connectivity index (χ3v) is 3.95. The van der Waals surface area contributed by atoms with Crippen molar-refractivity contribution in [3.05, 3.63) is 0 Å². The number of hydrogen-bond acceptors (Lipinski definition) is 3. The van der Waals surface area contributed by atoms with E-state index in [0.29, 0.717) is 0 Å². The van der Waals surface area contributed by atoms with Gasteiger partial charge in [-0.15, -0.1) is 0 Å². The van der Waals surface area contributed by atoms with Crippen LogP contribution in [0.15, 0.2) is 0 Å². The van der Waals surface area contributed by atoms with E-state index < -0.39 is 0 Å². The Morgan fingerprint density at radius 3 is 2.45 bits per heavy atom. The van der Waals surface area contributed by atoms with Gasteiger partial charge in [0.1, 0.15) is 23.0 Å². The number of rotatable bonds is 7. The SMILES string of the molecule is CC(C)CCSSCCOI. The average molecular weight is 306 g/mol. The summed E-state index contributed by atoms with van der Waals surface area (Å²) in [6.45, 7) is 5.39. The quantitative estimate of drug-likeness (QED) is 0.402. The zero-order valence-corrected chi connectivity index (χ0v) is 10.8. The van der Waals surface area contributed by atoms with E-state index in [9.17, 15) is 0 Å². The fourth-order valence-electron chi connectivity index (χ4n) is 0.467. The summed E-state index contributed by atoms with van der Waals surface area (Å²) in [6.07, 6.45) is 1.32. The maximum absolute atomic E-state index is 4.91. The van der Waals surface area contributed by atoms with Crippen molar-refractivity contribution in [1.29, 1.82) is 0 Å². The van der Waals surface area contributed by atoms with Gasteiger partial charge in [0.05, 0.1) is 6.61 Å². The molecule has 0 unspecified atom stereocenters. The Kier molecular flexibility index (Phi) is 10.7. The fourth-order valence-corrected chi connectivity index (χ4v) is 3.14. The highest BCUT2D eigenvalue weighted by molar-refractivity contribution is 14.1. The Hall–Kier alpha value is 1.39. The van der Waals surface area contributed by atoms with Crippen molar-refractivity contribution in [1.82, 2.24) is 0 Å². The third-order valence-electron chi connectivity index (χ3n) is 1.11. The van der Waals surface area contributed by atoms with Gasteiger partial charge in [-0.3, -0.25) is 0 Å². The van der Waals surface area contributed by atoms with Crippen molar-refractivity contribution < 1.29 is 3.07 Å². The molecule has 0 fully saturated rings. The zero-order valence-electron chi connectivity index (χ0n) is 7.01. The molecule has 11 heavy (non-hydrogen) atoms. The molecule has 0 amide bonds. The lowest BCUT2D eigenvalue weighted by Crippen LogP contribution is -1.89. The van der Waals surface area contributed by atoms with Crippen LogP contribution in [0.25, 0.3) is 0 Å². The van der Waals surface area contributed by atoms with Gasteiger partial charge < -0.3 is 3.07 Å². The summed E-state index contributed by atoms with van der Waals surface area (Å²) in [5.41, 5.74) is 0. The molecule has 0 rings (SSSR count). The van der Waals surface area contributed by atoms with E-state index >= 15 is 0 Å². The molecule has 0 aliphatic heterocycles. The molecule has 0 atom stereocenters. The van der Waals surface area contributed by atoms with Crippen molar-refractivity contribution in [2.75, 3.05) is 18.1 Å². The Labute approximate surface area is 91.5 Å². The first kappa shape index (κ1) is 12.4. The second kappa shape index (κ2) is 9.48. The number of halogens is 1. The molecule has 0 aromatic heterocycles. The van der Waals surface area contributed by atoms with E-state index in [4.69, 9.17) is 3.07 Å². The molecule has 0 heterocycles. The van der Waals surface area contributed by atoms with E-state index in [0.717, 1.165) is 18.3 Å². The van der Waals surface area contributed by atoms with Crippen molar-refractivity contribution in [3.8, 4) is 0 Å². The monoisotopic (exact) mass is 306 g/mol. The molecule has 4 heteroatoms. The maximum atomic E-state index is 4.91. The standard InChI is InChI=1S/C7H15IOS2/c1-7(2)3-5-10-11-6-4-9-8/h7H,3-6H2,1-2H3. The van der Waals surface area contributed by atoms with Crippen LogP contribution in [0.3, 0.4) is 0 Å². The summed E-state index contributed by atoms with van der Waals surface area (Å²) in [4.78, 5) is 0. The van der Waals surface area contributed by atoms with Crippen LogP contribution in [0.1, 0.15) is 20.3 Å². The number of hydrogen-bond donors (Lipinski definition) is 0. The molecule has 0 aromatic carbocycles. The van der Waals surface area contributed by atoms with Gasteiger partial charge in [-0.05, 0) is 12.3 Å². The fraction of sp³-hybridized carbons (Fsp3) is 1.00. The Morgan fingerprint density at radius 2 is 1.91 bits per heavy atom. The normalized spacial score (nSPS) is 10.9. The molecule has 0 N–H and O–H groups in total. The Bertz CT molecular complexity index is 80.8. The first-order valence-electron chi connectivity index (χ1n) is 3.75. The minimum atomic E-state index is 0.837. The van der Waals surface area contributed by atoms with E-state index in [1.807, 2.05) is 44.6 Å². The molecule has 0 aromatic rings. The minimum Gasteiger partial charge on any atom is -0.315 e. The predicted molar refractivity (Wildman–Crippen MR) is 64.3 cm³/mol. The summed E-state index contributed by atoms with van der Waals surface area (Å²) in [6, 6.07) is 0. The molecular weight excluding hydrogens is 291 g/mol. The minimum absolute atomic E-state index is 0.837. The molecule has 0 bridgehead atoms. The molecule has 0 aliphatic rings. The van der Waals surface area contributed by atoms with Crippen LogP contribution < -0.4 is 0 Å². The highest BCUT2D eigenvalue weighted by atomic mass is 127. The molecule has 0 radical (unpaired) electrons. The lowest BCUT2D eigenvalue weighted by molar-refractivity contribution is 0.463. The lowest BCUT2D eigenvalue weighted by Gasteiger charge is -2.02. The summed E-state index contributed by atoms with van der Waals surface area (Å²) < 4.78 is 4.91. The Morgan fingerprint density at radius 1 is 1.27 bits per heavy atom. The topological polar surface area (TPSA) is 9.23 Å². The van der Waals surface area contributed by atoms with E-state index in [1.165, 1.54) is 12.2 Å².